The predicted octanol–water partition coefficient (Wildman–Crippen LogP) is 5.40. The summed E-state index contributed by atoms with van der Waals surface area (Å²) >= 11 is 6.17. The van der Waals surface area contributed by atoms with E-state index in [1.165, 1.54) is 0 Å². The molecule has 7 heteroatoms. The third kappa shape index (κ3) is 3.22. The molecule has 0 radical (unpaired) electrons. The van der Waals surface area contributed by atoms with Crippen molar-refractivity contribution in [3.05, 3.63) is 99.8 Å². The van der Waals surface area contributed by atoms with Gasteiger partial charge in [0.1, 0.15) is 0 Å². The van der Waals surface area contributed by atoms with E-state index in [-0.39, 0.29) is 5.56 Å². The Balaban J connectivity index is 1.40. The highest BCUT2D eigenvalue weighted by Gasteiger charge is 2.16. The Labute approximate surface area is 194 Å². The third-order valence-corrected chi connectivity index (χ3v) is 6.41. The van der Waals surface area contributed by atoms with Crippen molar-refractivity contribution in [3.8, 4) is 11.1 Å². The van der Waals surface area contributed by atoms with Crippen LogP contribution < -0.4 is 5.56 Å². The topological polar surface area (TPSA) is 68.0 Å². The van der Waals surface area contributed by atoms with Gasteiger partial charge in [0.15, 0.2) is 5.65 Å². The number of nitrogens with zero attached hydrogens (tertiary/aromatic N) is 4. The summed E-state index contributed by atoms with van der Waals surface area (Å²) in [7, 11) is 0. The van der Waals surface area contributed by atoms with Gasteiger partial charge in [-0.1, -0.05) is 41.9 Å². The highest BCUT2D eigenvalue weighted by atomic mass is 35.5. The molecule has 0 fully saturated rings. The van der Waals surface area contributed by atoms with Gasteiger partial charge in [-0.05, 0) is 48.7 Å². The van der Waals surface area contributed by atoms with Gasteiger partial charge < -0.3 is 9.55 Å². The fraction of sp³-hybridized carbons (Fsp3) is 0.115. The normalized spacial score (nSPS) is 11.7. The molecule has 0 saturated carbocycles. The molecule has 0 saturated heterocycles. The summed E-state index contributed by atoms with van der Waals surface area (Å²) < 4.78 is 3.51. The van der Waals surface area contributed by atoms with E-state index in [4.69, 9.17) is 16.7 Å². The van der Waals surface area contributed by atoms with Gasteiger partial charge in [0.25, 0.3) is 5.56 Å². The Morgan fingerprint density at radius 1 is 1.06 bits per heavy atom. The molecule has 0 aliphatic heterocycles. The molecule has 4 aromatic heterocycles. The third-order valence-electron chi connectivity index (χ3n) is 6.17. The first-order valence-electron chi connectivity index (χ1n) is 10.8. The molecule has 0 atom stereocenters. The van der Waals surface area contributed by atoms with Crippen LogP contribution in [0, 0.1) is 6.92 Å². The van der Waals surface area contributed by atoms with Crippen molar-refractivity contribution >= 4 is 39.1 Å². The summed E-state index contributed by atoms with van der Waals surface area (Å²) in [6, 6.07) is 17.8. The molecule has 6 rings (SSSR count). The summed E-state index contributed by atoms with van der Waals surface area (Å²) in [6.45, 7) is 2.53. The molecule has 0 bridgehead atoms. The fourth-order valence-corrected chi connectivity index (χ4v) is 4.71. The standard InChI is InChI=1S/C26H20ClN5O/c1-16-24(17-5-3-2-4-6-17)25-29-15-21-23(32(25)30-16)10-12-31(26(21)33)11-9-18-14-28-22-8-7-19(27)13-20(18)22/h2-8,10,12-15,28H,9,11H2,1H3. The maximum atomic E-state index is 13.3. The minimum atomic E-state index is -0.0748. The molecule has 0 spiro atoms. The number of nitrogens with one attached hydrogen (secondary N) is 1. The number of aryl methyl sites for hydroxylation is 3. The van der Waals surface area contributed by atoms with Crippen LogP contribution in [0.5, 0.6) is 0 Å². The lowest BCUT2D eigenvalue weighted by molar-refractivity contribution is 0.676. The first-order chi connectivity index (χ1) is 16.1. The van der Waals surface area contributed by atoms with Crippen molar-refractivity contribution in [2.45, 2.75) is 19.9 Å². The second-order valence-corrected chi connectivity index (χ2v) is 8.62. The van der Waals surface area contributed by atoms with Crippen molar-refractivity contribution in [3.63, 3.8) is 0 Å². The van der Waals surface area contributed by atoms with E-state index in [9.17, 15) is 4.79 Å². The summed E-state index contributed by atoms with van der Waals surface area (Å²) in [5.74, 6) is 0. The van der Waals surface area contributed by atoms with Gasteiger partial charge in [0, 0.05) is 46.6 Å². The predicted molar refractivity (Wildman–Crippen MR) is 132 cm³/mol. The number of aromatic nitrogens is 5. The summed E-state index contributed by atoms with van der Waals surface area (Å²) in [4.78, 5) is 21.2. The zero-order valence-corrected chi connectivity index (χ0v) is 18.7. The van der Waals surface area contributed by atoms with Crippen molar-refractivity contribution in [2.75, 3.05) is 0 Å². The van der Waals surface area contributed by atoms with Crippen molar-refractivity contribution in [1.29, 1.82) is 0 Å². The summed E-state index contributed by atoms with van der Waals surface area (Å²) in [5.41, 5.74) is 6.52. The number of H-pyrrole nitrogens is 1. The molecule has 33 heavy (non-hydrogen) atoms. The van der Waals surface area contributed by atoms with Crippen LogP contribution in [0.3, 0.4) is 0 Å². The first kappa shape index (κ1) is 19.8. The number of hydrogen-bond donors (Lipinski definition) is 1. The van der Waals surface area contributed by atoms with Crippen LogP contribution in [-0.2, 0) is 13.0 Å². The van der Waals surface area contributed by atoms with E-state index >= 15 is 0 Å². The Morgan fingerprint density at radius 3 is 2.76 bits per heavy atom. The molecule has 1 N–H and O–H groups in total. The van der Waals surface area contributed by atoms with Crippen LogP contribution in [-0.4, -0.2) is 24.1 Å². The highest BCUT2D eigenvalue weighted by molar-refractivity contribution is 6.31. The lowest BCUT2D eigenvalue weighted by Crippen LogP contribution is -2.21. The Morgan fingerprint density at radius 2 is 1.91 bits per heavy atom. The van der Waals surface area contributed by atoms with Crippen LogP contribution in [0.1, 0.15) is 11.3 Å². The van der Waals surface area contributed by atoms with Crippen LogP contribution in [0.15, 0.2) is 78.0 Å². The summed E-state index contributed by atoms with van der Waals surface area (Å²) in [5, 5.41) is 7.04. The van der Waals surface area contributed by atoms with E-state index in [1.54, 1.807) is 15.3 Å². The van der Waals surface area contributed by atoms with Gasteiger partial charge in [-0.15, -0.1) is 0 Å². The van der Waals surface area contributed by atoms with Crippen LogP contribution in [0.25, 0.3) is 38.6 Å². The Hall–Kier alpha value is -3.90. The molecule has 0 unspecified atom stereocenters. The van der Waals surface area contributed by atoms with Crippen LogP contribution >= 0.6 is 11.6 Å². The van der Waals surface area contributed by atoms with Crippen molar-refractivity contribution in [1.82, 2.24) is 24.1 Å². The molecule has 6 nitrogen and oxygen atoms in total. The second-order valence-electron chi connectivity index (χ2n) is 8.19. The van der Waals surface area contributed by atoms with Gasteiger partial charge in [0.05, 0.1) is 16.6 Å². The lowest BCUT2D eigenvalue weighted by Gasteiger charge is -2.08. The minimum absolute atomic E-state index is 0.0748. The largest absolute Gasteiger partial charge is 0.361 e. The van der Waals surface area contributed by atoms with E-state index in [1.807, 2.05) is 73.9 Å². The molecule has 0 aliphatic carbocycles. The zero-order chi connectivity index (χ0) is 22.5. The molecule has 0 aliphatic rings. The van der Waals surface area contributed by atoms with E-state index in [0.717, 1.165) is 44.5 Å². The molecular formula is C26H20ClN5O. The van der Waals surface area contributed by atoms with E-state index < -0.39 is 0 Å². The maximum absolute atomic E-state index is 13.3. The molecular weight excluding hydrogens is 434 g/mol. The van der Waals surface area contributed by atoms with Gasteiger partial charge in [-0.25, -0.2) is 9.50 Å². The quantitative estimate of drug-likeness (QED) is 0.388. The van der Waals surface area contributed by atoms with Gasteiger partial charge in [-0.2, -0.15) is 5.10 Å². The highest BCUT2D eigenvalue weighted by Crippen LogP contribution is 2.28. The Kier molecular flexibility index (Phi) is 4.55. The number of rotatable bonds is 4. The molecule has 162 valence electrons. The zero-order valence-electron chi connectivity index (χ0n) is 17.9. The second kappa shape index (κ2) is 7.60. The maximum Gasteiger partial charge on any atom is 0.261 e. The Bertz CT molecular complexity index is 1710. The smallest absolute Gasteiger partial charge is 0.261 e. The number of halogens is 1. The van der Waals surface area contributed by atoms with Crippen LogP contribution in [0.4, 0.5) is 0 Å². The molecule has 0 amide bonds. The number of fused-ring (bicyclic) bond motifs is 4. The number of pyridine rings is 1. The van der Waals surface area contributed by atoms with Crippen molar-refractivity contribution in [2.24, 2.45) is 0 Å². The van der Waals surface area contributed by atoms with Crippen molar-refractivity contribution < 1.29 is 0 Å². The van der Waals surface area contributed by atoms with E-state index in [2.05, 4.69) is 9.97 Å². The van der Waals surface area contributed by atoms with Gasteiger partial charge in [0.2, 0.25) is 0 Å². The SMILES string of the molecule is Cc1nn2c(ncc3c(=O)n(CCc4c[nH]c5ccc(Cl)cc45)ccc32)c1-c1ccccc1. The number of benzene rings is 2. The van der Waals surface area contributed by atoms with Gasteiger partial charge >= 0.3 is 0 Å². The first-order valence-corrected chi connectivity index (χ1v) is 11.2. The monoisotopic (exact) mass is 453 g/mol. The fourth-order valence-electron chi connectivity index (χ4n) is 4.53. The number of hydrogen-bond acceptors (Lipinski definition) is 3. The number of aromatic amines is 1. The lowest BCUT2D eigenvalue weighted by atomic mass is 10.1. The molecule has 6 aromatic rings. The van der Waals surface area contributed by atoms with Gasteiger partial charge in [-0.3, -0.25) is 4.79 Å². The molecule has 4 heterocycles. The average molecular weight is 454 g/mol. The summed E-state index contributed by atoms with van der Waals surface area (Å²) in [6.07, 6.45) is 6.20. The molecule has 2 aromatic carbocycles. The van der Waals surface area contributed by atoms with E-state index in [0.29, 0.717) is 23.4 Å². The van der Waals surface area contributed by atoms with Crippen LogP contribution in [0.2, 0.25) is 5.02 Å². The minimum Gasteiger partial charge on any atom is -0.361 e. The average Bonchev–Trinajstić information content (AvgIpc) is 3.38.